The zero-order valence-corrected chi connectivity index (χ0v) is 19.4. The van der Waals surface area contributed by atoms with Gasteiger partial charge in [0.05, 0.1) is 18.2 Å². The fraction of sp³-hybridized carbons (Fsp3) is 0.481. The van der Waals surface area contributed by atoms with Gasteiger partial charge in [-0.2, -0.15) is 5.10 Å². The summed E-state index contributed by atoms with van der Waals surface area (Å²) in [6, 6.07) is 16.8. The Labute approximate surface area is 199 Å². The first-order valence-electron chi connectivity index (χ1n) is 12.6. The highest BCUT2D eigenvalue weighted by atomic mass is 16.5. The maximum Gasteiger partial charge on any atom is 0.272 e. The number of amides is 1. The molecule has 4 heterocycles. The smallest absolute Gasteiger partial charge is 0.272 e. The lowest BCUT2D eigenvalue weighted by Gasteiger charge is -2.58. The summed E-state index contributed by atoms with van der Waals surface area (Å²) in [6.45, 7) is 4.63. The molecule has 1 aliphatic carbocycles. The number of H-pyrrole nitrogens is 1. The van der Waals surface area contributed by atoms with Crippen molar-refractivity contribution in [1.82, 2.24) is 20.4 Å². The molecule has 2 N–H and O–H groups in total. The molecular formula is C27H31N5O2. The fourth-order valence-electron chi connectivity index (χ4n) is 6.76. The second-order valence-corrected chi connectivity index (χ2v) is 10.5. The van der Waals surface area contributed by atoms with Gasteiger partial charge in [0.25, 0.3) is 5.91 Å². The van der Waals surface area contributed by atoms with E-state index in [9.17, 15) is 4.79 Å². The van der Waals surface area contributed by atoms with E-state index in [1.54, 1.807) is 0 Å². The molecule has 7 nitrogen and oxygen atoms in total. The second kappa shape index (κ2) is 7.82. The Bertz CT molecular complexity index is 1220. The first-order chi connectivity index (χ1) is 16.7. The zero-order valence-electron chi connectivity index (χ0n) is 19.4. The Morgan fingerprint density at radius 2 is 2.03 bits per heavy atom. The summed E-state index contributed by atoms with van der Waals surface area (Å²) in [7, 11) is 0. The molecule has 4 atom stereocenters. The molecule has 7 heteroatoms. The highest BCUT2D eigenvalue weighted by Crippen LogP contribution is 2.57. The van der Waals surface area contributed by atoms with E-state index < -0.39 is 0 Å². The van der Waals surface area contributed by atoms with E-state index in [2.05, 4.69) is 49.6 Å². The molecule has 34 heavy (non-hydrogen) atoms. The monoisotopic (exact) mass is 457 g/mol. The third-order valence-corrected chi connectivity index (χ3v) is 8.84. The van der Waals surface area contributed by atoms with Crippen LogP contribution < -0.4 is 10.2 Å². The molecule has 4 fully saturated rings. The van der Waals surface area contributed by atoms with Gasteiger partial charge < -0.3 is 15.0 Å². The summed E-state index contributed by atoms with van der Waals surface area (Å²) < 4.78 is 6.17. The van der Waals surface area contributed by atoms with E-state index in [1.165, 1.54) is 31.4 Å². The van der Waals surface area contributed by atoms with E-state index in [-0.39, 0.29) is 18.1 Å². The van der Waals surface area contributed by atoms with Crippen molar-refractivity contribution in [2.75, 3.05) is 31.1 Å². The number of rotatable bonds is 6. The number of ether oxygens (including phenoxy) is 1. The van der Waals surface area contributed by atoms with Gasteiger partial charge in [0.2, 0.25) is 0 Å². The number of fused-ring (bicyclic) bond motifs is 1. The van der Waals surface area contributed by atoms with Crippen molar-refractivity contribution < 1.29 is 9.53 Å². The van der Waals surface area contributed by atoms with E-state index in [0.717, 1.165) is 42.6 Å². The quantitative estimate of drug-likeness (QED) is 0.594. The molecule has 3 saturated heterocycles. The van der Waals surface area contributed by atoms with Crippen LogP contribution in [-0.2, 0) is 11.3 Å². The molecule has 0 bridgehead atoms. The van der Waals surface area contributed by atoms with Gasteiger partial charge in [-0.05, 0) is 55.4 Å². The molecule has 0 radical (unpaired) electrons. The molecule has 1 saturated carbocycles. The van der Waals surface area contributed by atoms with Crippen molar-refractivity contribution in [3.63, 3.8) is 0 Å². The second-order valence-electron chi connectivity index (χ2n) is 10.5. The van der Waals surface area contributed by atoms with Crippen LogP contribution in [0.4, 0.5) is 5.69 Å². The highest BCUT2D eigenvalue weighted by molar-refractivity contribution is 6.05. The molecule has 2 aromatic carbocycles. The molecule has 3 aliphatic heterocycles. The summed E-state index contributed by atoms with van der Waals surface area (Å²) in [5.41, 5.74) is 4.15. The Morgan fingerprint density at radius 1 is 1.12 bits per heavy atom. The van der Waals surface area contributed by atoms with Gasteiger partial charge in [-0.25, -0.2) is 0 Å². The molecule has 2 unspecified atom stereocenters. The van der Waals surface area contributed by atoms with Crippen LogP contribution in [-0.4, -0.2) is 64.9 Å². The van der Waals surface area contributed by atoms with Gasteiger partial charge in [-0.1, -0.05) is 30.3 Å². The van der Waals surface area contributed by atoms with E-state index in [4.69, 9.17) is 4.74 Å². The number of nitrogens with zero attached hydrogens (tertiary/aromatic N) is 3. The molecule has 4 aliphatic rings. The third kappa shape index (κ3) is 3.17. The topological polar surface area (TPSA) is 73.5 Å². The van der Waals surface area contributed by atoms with Gasteiger partial charge in [0.1, 0.15) is 0 Å². The highest BCUT2D eigenvalue weighted by Gasteiger charge is 2.63. The van der Waals surface area contributed by atoms with Crippen molar-refractivity contribution in [2.24, 2.45) is 5.92 Å². The van der Waals surface area contributed by atoms with Gasteiger partial charge in [-0.15, -0.1) is 0 Å². The predicted octanol–water partition coefficient (Wildman–Crippen LogP) is 3.32. The van der Waals surface area contributed by atoms with Crippen LogP contribution in [0.2, 0.25) is 0 Å². The number of aromatic amines is 1. The molecule has 1 amide bonds. The lowest BCUT2D eigenvalue weighted by molar-refractivity contribution is -0.0676. The maximum absolute atomic E-state index is 13.2. The molecule has 3 aromatic rings. The molecule has 7 rings (SSSR count). The maximum atomic E-state index is 13.2. The standard InChI is InChI=1S/C27H31N5O2/c33-26(28-24-16-32-13-11-27(32)10-8-22(24)27)25-21-14-19(6-7-23(21)29-30-25)31-12-9-20(15-31)34-17-18-4-2-1-3-5-18/h1-7,14,20,22,24H,8-13,15-17H2,(H,28,33)(H,29,30)/t20?,22-,24-,27?/m1/s1. The van der Waals surface area contributed by atoms with Crippen molar-refractivity contribution in [3.05, 3.63) is 59.8 Å². The minimum absolute atomic E-state index is 0.0524. The molecule has 176 valence electrons. The van der Waals surface area contributed by atoms with Crippen LogP contribution in [0.3, 0.4) is 0 Å². The average Bonchev–Trinajstić information content (AvgIpc) is 3.49. The van der Waals surface area contributed by atoms with Gasteiger partial charge >= 0.3 is 0 Å². The number of benzene rings is 2. The fourth-order valence-corrected chi connectivity index (χ4v) is 6.76. The van der Waals surface area contributed by atoms with E-state index in [0.29, 0.717) is 23.8 Å². The van der Waals surface area contributed by atoms with Crippen molar-refractivity contribution in [1.29, 1.82) is 0 Å². The van der Waals surface area contributed by atoms with Gasteiger partial charge in [-0.3, -0.25) is 14.8 Å². The lowest BCUT2D eigenvalue weighted by atomic mass is 9.61. The number of carbonyl (C=O) groups is 1. The molecular weight excluding hydrogens is 426 g/mol. The molecule has 1 spiro atoms. The Hall–Kier alpha value is -2.90. The van der Waals surface area contributed by atoms with E-state index in [1.807, 2.05) is 24.3 Å². The zero-order chi connectivity index (χ0) is 22.7. The van der Waals surface area contributed by atoms with Gasteiger partial charge in [0.15, 0.2) is 5.69 Å². The van der Waals surface area contributed by atoms with Crippen molar-refractivity contribution >= 4 is 22.5 Å². The van der Waals surface area contributed by atoms with Crippen LogP contribution in [0.5, 0.6) is 0 Å². The minimum Gasteiger partial charge on any atom is -0.372 e. The van der Waals surface area contributed by atoms with Crippen LogP contribution in [0.15, 0.2) is 48.5 Å². The van der Waals surface area contributed by atoms with Crippen LogP contribution >= 0.6 is 0 Å². The van der Waals surface area contributed by atoms with Crippen molar-refractivity contribution in [2.45, 2.75) is 50.0 Å². The first kappa shape index (κ1) is 20.5. The Morgan fingerprint density at radius 3 is 2.79 bits per heavy atom. The van der Waals surface area contributed by atoms with Crippen LogP contribution in [0.25, 0.3) is 10.9 Å². The van der Waals surface area contributed by atoms with Crippen LogP contribution in [0.1, 0.15) is 41.7 Å². The predicted molar refractivity (Wildman–Crippen MR) is 131 cm³/mol. The molecule has 1 aromatic heterocycles. The number of hydrogen-bond donors (Lipinski definition) is 2. The lowest BCUT2D eigenvalue weighted by Crippen LogP contribution is -2.64. The summed E-state index contributed by atoms with van der Waals surface area (Å²) in [5, 5.41) is 11.7. The summed E-state index contributed by atoms with van der Waals surface area (Å²) in [4.78, 5) is 18.2. The van der Waals surface area contributed by atoms with E-state index >= 15 is 0 Å². The number of aromatic nitrogens is 2. The number of carbonyl (C=O) groups excluding carboxylic acids is 1. The summed E-state index contributed by atoms with van der Waals surface area (Å²) in [6.07, 6.45) is 5.04. The minimum atomic E-state index is -0.0524. The van der Waals surface area contributed by atoms with Crippen LogP contribution in [0, 0.1) is 5.92 Å². The Kier molecular flexibility index (Phi) is 4.71. The normalized spacial score (nSPS) is 30.0. The SMILES string of the molecule is O=C(N[C@@H]1CN2CCC23CC[C@H]13)c1n[nH]c2ccc(N3CCC(OCc4ccccc4)C3)cc12. The number of anilines is 1. The van der Waals surface area contributed by atoms with Crippen molar-refractivity contribution in [3.8, 4) is 0 Å². The largest absolute Gasteiger partial charge is 0.372 e. The first-order valence-corrected chi connectivity index (χ1v) is 12.6. The number of nitrogens with one attached hydrogen (secondary N) is 2. The van der Waals surface area contributed by atoms with Gasteiger partial charge in [0, 0.05) is 48.8 Å². The third-order valence-electron chi connectivity index (χ3n) is 8.84. The summed E-state index contributed by atoms with van der Waals surface area (Å²) >= 11 is 0. The number of hydrogen-bond acceptors (Lipinski definition) is 5. The Balaban J connectivity index is 1.04. The average molecular weight is 458 g/mol. The summed E-state index contributed by atoms with van der Waals surface area (Å²) in [5.74, 6) is 0.562.